The predicted octanol–water partition coefficient (Wildman–Crippen LogP) is 5.12. The minimum absolute atomic E-state index is 0.0998. The first kappa shape index (κ1) is 15.0. The molecule has 3 rings (SSSR count). The minimum Gasteiger partial charge on any atom is -0.392 e. The maximum Gasteiger partial charge on any atom is 0.0681 e. The van der Waals surface area contributed by atoms with Gasteiger partial charge in [0.1, 0.15) is 0 Å². The Hall–Kier alpha value is -1.90. The number of hydrogen-bond acceptors (Lipinski definition) is 2. The Bertz CT molecular complexity index is 769. The molecular weight excluding hydrogens is 288 g/mol. The predicted molar refractivity (Wildman–Crippen MR) is 94.4 cm³/mol. The SMILES string of the molecule is Cc1ccc(C)c(Cc2ccc(-c3ccc(CO)cc3)s2)c1. The summed E-state index contributed by atoms with van der Waals surface area (Å²) in [5, 5.41) is 9.12. The molecule has 1 N–H and O–H groups in total. The number of aliphatic hydroxyl groups excluding tert-OH is 1. The fourth-order valence-corrected chi connectivity index (χ4v) is 3.62. The van der Waals surface area contributed by atoms with Crippen LogP contribution in [0.25, 0.3) is 10.4 Å². The van der Waals surface area contributed by atoms with E-state index < -0.39 is 0 Å². The fourth-order valence-electron chi connectivity index (χ4n) is 2.58. The van der Waals surface area contributed by atoms with Gasteiger partial charge >= 0.3 is 0 Å². The van der Waals surface area contributed by atoms with E-state index in [1.807, 2.05) is 23.5 Å². The van der Waals surface area contributed by atoms with Crippen molar-refractivity contribution in [1.29, 1.82) is 0 Å². The monoisotopic (exact) mass is 308 g/mol. The molecule has 0 aliphatic heterocycles. The zero-order valence-electron chi connectivity index (χ0n) is 13.0. The van der Waals surface area contributed by atoms with Crippen LogP contribution in [0.3, 0.4) is 0 Å². The Kier molecular flexibility index (Phi) is 4.41. The van der Waals surface area contributed by atoms with Crippen molar-refractivity contribution < 1.29 is 5.11 Å². The highest BCUT2D eigenvalue weighted by Gasteiger charge is 2.06. The highest BCUT2D eigenvalue weighted by molar-refractivity contribution is 7.15. The normalized spacial score (nSPS) is 10.9. The summed E-state index contributed by atoms with van der Waals surface area (Å²) in [6.45, 7) is 4.42. The second kappa shape index (κ2) is 6.47. The summed E-state index contributed by atoms with van der Waals surface area (Å²) in [6, 6.07) is 19.2. The summed E-state index contributed by atoms with van der Waals surface area (Å²) >= 11 is 1.85. The van der Waals surface area contributed by atoms with Crippen LogP contribution in [0.5, 0.6) is 0 Å². The van der Waals surface area contributed by atoms with E-state index in [1.54, 1.807) is 0 Å². The van der Waals surface area contributed by atoms with E-state index in [4.69, 9.17) is 5.11 Å². The first-order chi connectivity index (χ1) is 10.7. The van der Waals surface area contributed by atoms with Crippen LogP contribution in [0.4, 0.5) is 0 Å². The van der Waals surface area contributed by atoms with E-state index in [1.165, 1.54) is 32.0 Å². The van der Waals surface area contributed by atoms with Crippen molar-refractivity contribution in [2.75, 3.05) is 0 Å². The lowest BCUT2D eigenvalue weighted by molar-refractivity contribution is 0.282. The van der Waals surface area contributed by atoms with Gasteiger partial charge in [-0.2, -0.15) is 0 Å². The van der Waals surface area contributed by atoms with Crippen molar-refractivity contribution in [2.45, 2.75) is 26.9 Å². The molecule has 0 saturated heterocycles. The zero-order valence-corrected chi connectivity index (χ0v) is 13.8. The summed E-state index contributed by atoms with van der Waals surface area (Å²) in [5.74, 6) is 0. The maximum absolute atomic E-state index is 9.12. The largest absolute Gasteiger partial charge is 0.392 e. The van der Waals surface area contributed by atoms with E-state index in [2.05, 4.69) is 56.3 Å². The molecule has 112 valence electrons. The summed E-state index contributed by atoms with van der Waals surface area (Å²) in [4.78, 5) is 2.67. The molecule has 0 amide bonds. The molecule has 2 aromatic carbocycles. The van der Waals surface area contributed by atoms with Crippen LogP contribution in [-0.4, -0.2) is 5.11 Å². The second-order valence-corrected chi connectivity index (χ2v) is 6.90. The fraction of sp³-hybridized carbons (Fsp3) is 0.200. The summed E-state index contributed by atoms with van der Waals surface area (Å²) in [6.07, 6.45) is 0.993. The first-order valence-corrected chi connectivity index (χ1v) is 8.32. The molecule has 0 atom stereocenters. The van der Waals surface area contributed by atoms with Crippen molar-refractivity contribution in [3.8, 4) is 10.4 Å². The highest BCUT2D eigenvalue weighted by atomic mass is 32.1. The molecule has 1 aromatic heterocycles. The molecule has 0 bridgehead atoms. The van der Waals surface area contributed by atoms with Crippen LogP contribution in [-0.2, 0) is 13.0 Å². The smallest absolute Gasteiger partial charge is 0.0681 e. The van der Waals surface area contributed by atoms with Crippen LogP contribution in [0, 0.1) is 13.8 Å². The average Bonchev–Trinajstić information content (AvgIpc) is 2.99. The van der Waals surface area contributed by atoms with E-state index >= 15 is 0 Å². The topological polar surface area (TPSA) is 20.2 Å². The van der Waals surface area contributed by atoms with E-state index in [-0.39, 0.29) is 6.61 Å². The second-order valence-electron chi connectivity index (χ2n) is 5.73. The molecule has 0 unspecified atom stereocenters. The van der Waals surface area contributed by atoms with E-state index in [0.717, 1.165) is 12.0 Å². The lowest BCUT2D eigenvalue weighted by Gasteiger charge is -2.05. The van der Waals surface area contributed by atoms with Crippen LogP contribution in [0.2, 0.25) is 0 Å². The third kappa shape index (κ3) is 3.29. The lowest BCUT2D eigenvalue weighted by Crippen LogP contribution is -1.90. The zero-order chi connectivity index (χ0) is 15.5. The Morgan fingerprint density at radius 3 is 2.41 bits per heavy atom. The van der Waals surface area contributed by atoms with Gasteiger partial charge in [-0.05, 0) is 48.2 Å². The molecule has 0 saturated carbocycles. The Morgan fingerprint density at radius 1 is 0.909 bits per heavy atom. The van der Waals surface area contributed by atoms with Gasteiger partial charge < -0.3 is 5.11 Å². The van der Waals surface area contributed by atoms with Crippen molar-refractivity contribution in [3.63, 3.8) is 0 Å². The van der Waals surface area contributed by atoms with E-state index in [0.29, 0.717) is 0 Å². The average molecular weight is 308 g/mol. The van der Waals surface area contributed by atoms with Gasteiger partial charge in [0.2, 0.25) is 0 Å². The van der Waals surface area contributed by atoms with Gasteiger partial charge in [0.25, 0.3) is 0 Å². The van der Waals surface area contributed by atoms with Gasteiger partial charge in [0.15, 0.2) is 0 Å². The molecule has 0 aliphatic carbocycles. The number of aryl methyl sites for hydroxylation is 2. The van der Waals surface area contributed by atoms with Crippen LogP contribution < -0.4 is 0 Å². The molecule has 2 heteroatoms. The number of benzene rings is 2. The Morgan fingerprint density at radius 2 is 1.68 bits per heavy atom. The summed E-state index contributed by atoms with van der Waals surface area (Å²) < 4.78 is 0. The van der Waals surface area contributed by atoms with Gasteiger partial charge in [-0.15, -0.1) is 11.3 Å². The summed E-state index contributed by atoms with van der Waals surface area (Å²) in [5.41, 5.74) is 6.25. The number of thiophene rings is 1. The molecule has 0 fully saturated rings. The Balaban J connectivity index is 1.82. The Labute approximate surface area is 135 Å². The molecule has 0 spiro atoms. The molecular formula is C20H20OS. The quantitative estimate of drug-likeness (QED) is 0.709. The number of aliphatic hydroxyl groups is 1. The van der Waals surface area contributed by atoms with Crippen LogP contribution in [0.15, 0.2) is 54.6 Å². The molecule has 3 aromatic rings. The number of rotatable bonds is 4. The van der Waals surface area contributed by atoms with Gasteiger partial charge in [-0.3, -0.25) is 0 Å². The lowest BCUT2D eigenvalue weighted by atomic mass is 10.0. The van der Waals surface area contributed by atoms with Gasteiger partial charge in [0.05, 0.1) is 6.61 Å². The van der Waals surface area contributed by atoms with Crippen molar-refractivity contribution >= 4 is 11.3 Å². The highest BCUT2D eigenvalue weighted by Crippen LogP contribution is 2.30. The molecule has 1 heterocycles. The number of hydrogen-bond donors (Lipinski definition) is 1. The van der Waals surface area contributed by atoms with Crippen molar-refractivity contribution in [1.82, 2.24) is 0 Å². The van der Waals surface area contributed by atoms with Gasteiger partial charge in [-0.1, -0.05) is 48.0 Å². The standard InChI is InChI=1S/C20H20OS/c1-14-3-4-15(2)18(11-14)12-19-9-10-20(22-19)17-7-5-16(13-21)6-8-17/h3-11,21H,12-13H2,1-2H3. The van der Waals surface area contributed by atoms with Crippen LogP contribution >= 0.6 is 11.3 Å². The van der Waals surface area contributed by atoms with E-state index in [9.17, 15) is 0 Å². The minimum atomic E-state index is 0.0998. The molecule has 1 nitrogen and oxygen atoms in total. The summed E-state index contributed by atoms with van der Waals surface area (Å²) in [7, 11) is 0. The maximum atomic E-state index is 9.12. The first-order valence-electron chi connectivity index (χ1n) is 7.51. The van der Waals surface area contributed by atoms with Crippen molar-refractivity contribution in [3.05, 3.63) is 81.7 Å². The molecule has 0 radical (unpaired) electrons. The third-order valence-corrected chi connectivity index (χ3v) is 5.09. The van der Waals surface area contributed by atoms with Crippen molar-refractivity contribution in [2.24, 2.45) is 0 Å². The van der Waals surface area contributed by atoms with Crippen LogP contribution in [0.1, 0.15) is 27.1 Å². The van der Waals surface area contributed by atoms with Gasteiger partial charge in [0, 0.05) is 16.2 Å². The molecule has 22 heavy (non-hydrogen) atoms. The third-order valence-electron chi connectivity index (χ3n) is 3.95. The van der Waals surface area contributed by atoms with Gasteiger partial charge in [-0.25, -0.2) is 0 Å². The molecule has 0 aliphatic rings.